The minimum absolute atomic E-state index is 0.0128. The van der Waals surface area contributed by atoms with Gasteiger partial charge in [-0.1, -0.05) is 60.7 Å². The molecule has 0 saturated heterocycles. The summed E-state index contributed by atoms with van der Waals surface area (Å²) in [5.41, 5.74) is 2.31. The summed E-state index contributed by atoms with van der Waals surface area (Å²) in [7, 11) is 0. The fraction of sp³-hybridized carbons (Fsp3) is 0.300. The van der Waals surface area contributed by atoms with Gasteiger partial charge in [-0.2, -0.15) is 0 Å². The van der Waals surface area contributed by atoms with Crippen molar-refractivity contribution in [3.8, 4) is 0 Å². The Hall–Kier alpha value is -2.27. The van der Waals surface area contributed by atoms with Crippen LogP contribution < -0.4 is 10.6 Å². The number of rotatable bonds is 8. The van der Waals surface area contributed by atoms with Crippen LogP contribution in [-0.2, 0) is 9.59 Å². The molecule has 2 aromatic carbocycles. The molecule has 132 valence electrons. The van der Waals surface area contributed by atoms with E-state index in [1.165, 1.54) is 0 Å². The Labute approximate surface area is 153 Å². The first-order valence-electron chi connectivity index (χ1n) is 8.34. The third kappa shape index (κ3) is 6.63. The molecular weight excluding hydrogens is 332 g/mol. The van der Waals surface area contributed by atoms with E-state index in [1.54, 1.807) is 11.8 Å². The third-order valence-electron chi connectivity index (χ3n) is 3.48. The summed E-state index contributed by atoms with van der Waals surface area (Å²) in [6, 6.07) is 20.3. The quantitative estimate of drug-likeness (QED) is 0.764. The van der Waals surface area contributed by atoms with Crippen molar-refractivity contribution in [1.29, 1.82) is 0 Å². The van der Waals surface area contributed by atoms with Crippen LogP contribution >= 0.6 is 11.8 Å². The second-order valence-electron chi connectivity index (χ2n) is 6.01. The molecule has 2 N–H and O–H groups in total. The Morgan fingerprint density at radius 2 is 1.40 bits per heavy atom. The van der Waals surface area contributed by atoms with Crippen molar-refractivity contribution in [3.05, 3.63) is 71.8 Å². The van der Waals surface area contributed by atoms with Gasteiger partial charge in [0.15, 0.2) is 0 Å². The molecule has 0 aromatic heterocycles. The molecule has 0 heterocycles. The zero-order valence-electron chi connectivity index (χ0n) is 14.6. The third-order valence-corrected chi connectivity index (χ3v) is 4.79. The predicted octanol–water partition coefficient (Wildman–Crippen LogP) is 3.15. The van der Waals surface area contributed by atoms with E-state index in [0.717, 1.165) is 11.1 Å². The molecule has 0 aliphatic carbocycles. The van der Waals surface area contributed by atoms with Gasteiger partial charge in [-0.25, -0.2) is 0 Å². The van der Waals surface area contributed by atoms with Gasteiger partial charge in [-0.3, -0.25) is 9.59 Å². The van der Waals surface area contributed by atoms with Crippen molar-refractivity contribution in [2.45, 2.75) is 25.1 Å². The first kappa shape index (κ1) is 19.1. The van der Waals surface area contributed by atoms with Crippen LogP contribution in [0, 0.1) is 0 Å². The van der Waals surface area contributed by atoms with E-state index in [9.17, 15) is 9.59 Å². The average Bonchev–Trinajstić information content (AvgIpc) is 2.61. The molecule has 0 fully saturated rings. The van der Waals surface area contributed by atoms with Crippen molar-refractivity contribution in [2.75, 3.05) is 12.3 Å². The van der Waals surface area contributed by atoms with Gasteiger partial charge < -0.3 is 10.6 Å². The van der Waals surface area contributed by atoms with Crippen molar-refractivity contribution in [3.63, 3.8) is 0 Å². The highest BCUT2D eigenvalue weighted by Crippen LogP contribution is 2.35. The van der Waals surface area contributed by atoms with Gasteiger partial charge in [0, 0.05) is 6.04 Å². The molecule has 2 aromatic rings. The van der Waals surface area contributed by atoms with Crippen LogP contribution in [0.25, 0.3) is 0 Å². The maximum atomic E-state index is 12.1. The van der Waals surface area contributed by atoms with Gasteiger partial charge in [-0.05, 0) is 25.0 Å². The summed E-state index contributed by atoms with van der Waals surface area (Å²) in [4.78, 5) is 23.7. The number of carbonyl (C=O) groups is 2. The average molecular weight is 356 g/mol. The van der Waals surface area contributed by atoms with Gasteiger partial charge in [0.05, 0.1) is 17.5 Å². The standard InChI is InChI=1S/C20H24N2O2S/c1-15(2)22-18(23)13-21-19(24)14-25-20(16-9-5-3-6-10-16)17-11-7-4-8-12-17/h3-12,15,20H,13-14H2,1-2H3,(H,21,24)(H,22,23). The summed E-state index contributed by atoms with van der Waals surface area (Å²) in [6.45, 7) is 3.79. The van der Waals surface area contributed by atoms with E-state index < -0.39 is 0 Å². The van der Waals surface area contributed by atoms with Gasteiger partial charge in [0.25, 0.3) is 0 Å². The molecule has 0 bridgehead atoms. The van der Waals surface area contributed by atoms with Gasteiger partial charge in [0.2, 0.25) is 11.8 Å². The molecule has 0 aliphatic rings. The topological polar surface area (TPSA) is 58.2 Å². The van der Waals surface area contributed by atoms with E-state index in [0.29, 0.717) is 5.75 Å². The Kier molecular flexibility index (Phi) is 7.54. The fourth-order valence-electron chi connectivity index (χ4n) is 2.40. The molecule has 2 amide bonds. The lowest BCUT2D eigenvalue weighted by Crippen LogP contribution is -2.40. The van der Waals surface area contributed by atoms with Crippen molar-refractivity contribution in [2.24, 2.45) is 0 Å². The fourth-order valence-corrected chi connectivity index (χ4v) is 3.52. The Morgan fingerprint density at radius 3 is 1.88 bits per heavy atom. The molecule has 0 unspecified atom stereocenters. The van der Waals surface area contributed by atoms with Crippen LogP contribution in [0.2, 0.25) is 0 Å². The van der Waals surface area contributed by atoms with E-state index in [4.69, 9.17) is 0 Å². The van der Waals surface area contributed by atoms with Crippen molar-refractivity contribution >= 4 is 23.6 Å². The Morgan fingerprint density at radius 1 is 0.880 bits per heavy atom. The molecule has 0 saturated carbocycles. The zero-order valence-corrected chi connectivity index (χ0v) is 15.4. The molecule has 25 heavy (non-hydrogen) atoms. The highest BCUT2D eigenvalue weighted by atomic mass is 32.2. The normalized spacial score (nSPS) is 10.7. The minimum Gasteiger partial charge on any atom is -0.352 e. The molecular formula is C20H24N2O2S. The first-order chi connectivity index (χ1) is 12.1. The Balaban J connectivity index is 1.94. The van der Waals surface area contributed by atoms with E-state index in [2.05, 4.69) is 34.9 Å². The summed E-state index contributed by atoms with van der Waals surface area (Å²) in [5, 5.41) is 5.51. The van der Waals surface area contributed by atoms with E-state index in [1.807, 2.05) is 50.2 Å². The molecule has 0 spiro atoms. The number of hydrogen-bond acceptors (Lipinski definition) is 3. The summed E-state index contributed by atoms with van der Waals surface area (Å²) in [6.07, 6.45) is 0. The lowest BCUT2D eigenvalue weighted by atomic mass is 10.0. The number of thioether (sulfide) groups is 1. The predicted molar refractivity (Wildman–Crippen MR) is 103 cm³/mol. The minimum atomic E-state index is -0.170. The number of carbonyl (C=O) groups excluding carboxylic acids is 2. The number of amides is 2. The number of hydrogen-bond donors (Lipinski definition) is 2. The summed E-state index contributed by atoms with van der Waals surface area (Å²) in [5.74, 6) is -0.0135. The second-order valence-corrected chi connectivity index (χ2v) is 7.10. The molecule has 0 aliphatic heterocycles. The maximum absolute atomic E-state index is 12.1. The maximum Gasteiger partial charge on any atom is 0.239 e. The van der Waals surface area contributed by atoms with Crippen LogP contribution in [-0.4, -0.2) is 30.2 Å². The Bertz CT molecular complexity index is 635. The van der Waals surface area contributed by atoms with Gasteiger partial charge in [0.1, 0.15) is 0 Å². The molecule has 5 heteroatoms. The SMILES string of the molecule is CC(C)NC(=O)CNC(=O)CSC(c1ccccc1)c1ccccc1. The van der Waals surface area contributed by atoms with Gasteiger partial charge in [-0.15, -0.1) is 11.8 Å². The van der Waals surface area contributed by atoms with Crippen LogP contribution in [0.4, 0.5) is 0 Å². The molecule has 0 atom stereocenters. The number of nitrogens with one attached hydrogen (secondary N) is 2. The largest absolute Gasteiger partial charge is 0.352 e. The van der Waals surface area contributed by atoms with E-state index >= 15 is 0 Å². The zero-order chi connectivity index (χ0) is 18.1. The van der Waals surface area contributed by atoms with Crippen LogP contribution in [0.5, 0.6) is 0 Å². The summed E-state index contributed by atoms with van der Waals surface area (Å²) < 4.78 is 0. The lowest BCUT2D eigenvalue weighted by Gasteiger charge is -2.17. The number of benzene rings is 2. The van der Waals surface area contributed by atoms with Gasteiger partial charge >= 0.3 is 0 Å². The van der Waals surface area contributed by atoms with Crippen molar-refractivity contribution in [1.82, 2.24) is 10.6 Å². The molecule has 0 radical (unpaired) electrons. The first-order valence-corrected chi connectivity index (χ1v) is 9.38. The van der Waals surface area contributed by atoms with Crippen LogP contribution in [0.15, 0.2) is 60.7 Å². The van der Waals surface area contributed by atoms with Crippen molar-refractivity contribution < 1.29 is 9.59 Å². The molecule has 4 nitrogen and oxygen atoms in total. The summed E-state index contributed by atoms with van der Waals surface area (Å²) >= 11 is 1.56. The highest BCUT2D eigenvalue weighted by Gasteiger charge is 2.16. The smallest absolute Gasteiger partial charge is 0.239 e. The highest BCUT2D eigenvalue weighted by molar-refractivity contribution is 8.00. The monoisotopic (exact) mass is 356 g/mol. The lowest BCUT2D eigenvalue weighted by molar-refractivity contribution is -0.125. The van der Waals surface area contributed by atoms with Crippen LogP contribution in [0.1, 0.15) is 30.2 Å². The second kappa shape index (κ2) is 9.89. The van der Waals surface area contributed by atoms with Crippen LogP contribution in [0.3, 0.4) is 0 Å². The molecule has 2 rings (SSSR count). The van der Waals surface area contributed by atoms with E-state index in [-0.39, 0.29) is 29.7 Å².